The lowest BCUT2D eigenvalue weighted by Crippen LogP contribution is -1.97. The second-order valence-corrected chi connectivity index (χ2v) is 4.57. The van der Waals surface area contributed by atoms with E-state index in [-0.39, 0.29) is 0 Å². The van der Waals surface area contributed by atoms with Gasteiger partial charge in [0.05, 0.1) is 19.8 Å². The number of nitrogen functional groups attached to an aromatic ring is 1. The molecule has 0 unspecified atom stereocenters. The van der Waals surface area contributed by atoms with Gasteiger partial charge in [0.25, 0.3) is 0 Å². The Labute approximate surface area is 112 Å². The molecule has 0 bridgehead atoms. The molecule has 0 radical (unpaired) electrons. The van der Waals surface area contributed by atoms with Gasteiger partial charge in [-0.15, -0.1) is 0 Å². The first-order valence-corrected chi connectivity index (χ1v) is 6.05. The van der Waals surface area contributed by atoms with E-state index in [4.69, 9.17) is 19.7 Å². The lowest BCUT2D eigenvalue weighted by Gasteiger charge is -2.15. The molecule has 0 fully saturated rings. The number of hydrogen-bond acceptors (Lipinski definition) is 5. The van der Waals surface area contributed by atoms with E-state index in [2.05, 4.69) is 19.0 Å². The molecule has 0 atom stereocenters. The number of hydrogen-bond donors (Lipinski definition) is 1. The molecule has 5 nitrogen and oxygen atoms in total. The molecule has 0 aliphatic carbocycles. The van der Waals surface area contributed by atoms with E-state index in [0.29, 0.717) is 23.2 Å². The molecular formula is C14H18N2O3. The normalized spacial score (nSPS) is 10.8. The number of rotatable bonds is 4. The average Bonchev–Trinajstić information content (AvgIpc) is 2.83. The predicted octanol–water partition coefficient (Wildman–Crippen LogP) is 3.06. The molecule has 0 saturated carbocycles. The van der Waals surface area contributed by atoms with E-state index in [1.54, 1.807) is 20.3 Å². The molecule has 1 aromatic heterocycles. The summed E-state index contributed by atoms with van der Waals surface area (Å²) in [5.74, 6) is 2.71. The van der Waals surface area contributed by atoms with E-state index in [1.165, 1.54) is 0 Å². The molecule has 0 aliphatic rings. The van der Waals surface area contributed by atoms with Crippen LogP contribution in [-0.2, 0) is 0 Å². The second-order valence-electron chi connectivity index (χ2n) is 4.57. The van der Waals surface area contributed by atoms with Crippen LogP contribution in [0.3, 0.4) is 0 Å². The van der Waals surface area contributed by atoms with Crippen LogP contribution >= 0.6 is 0 Å². The minimum Gasteiger partial charge on any atom is -0.496 e. The Morgan fingerprint density at radius 3 is 2.26 bits per heavy atom. The summed E-state index contributed by atoms with van der Waals surface area (Å²) in [6.45, 7) is 4.20. The van der Waals surface area contributed by atoms with Crippen molar-refractivity contribution in [2.75, 3.05) is 20.0 Å². The third-order valence-electron chi connectivity index (χ3n) is 2.97. The quantitative estimate of drug-likeness (QED) is 0.916. The Morgan fingerprint density at radius 1 is 1.11 bits per heavy atom. The highest BCUT2D eigenvalue weighted by atomic mass is 16.5. The van der Waals surface area contributed by atoms with Gasteiger partial charge in [0.15, 0.2) is 11.6 Å². The molecule has 0 spiro atoms. The van der Waals surface area contributed by atoms with E-state index in [9.17, 15) is 0 Å². The lowest BCUT2D eigenvalue weighted by molar-refractivity contribution is 0.387. The van der Waals surface area contributed by atoms with Gasteiger partial charge < -0.3 is 19.7 Å². The van der Waals surface area contributed by atoms with Crippen molar-refractivity contribution < 1.29 is 14.0 Å². The van der Waals surface area contributed by atoms with Gasteiger partial charge >= 0.3 is 0 Å². The summed E-state index contributed by atoms with van der Waals surface area (Å²) < 4.78 is 16.0. The molecule has 2 N–H and O–H groups in total. The van der Waals surface area contributed by atoms with Crippen molar-refractivity contribution in [3.8, 4) is 22.8 Å². The number of benzene rings is 1. The van der Waals surface area contributed by atoms with Crippen molar-refractivity contribution in [1.82, 2.24) is 5.16 Å². The highest BCUT2D eigenvalue weighted by molar-refractivity contribution is 5.70. The Kier molecular flexibility index (Phi) is 3.64. The highest BCUT2D eigenvalue weighted by Gasteiger charge is 2.17. The zero-order valence-corrected chi connectivity index (χ0v) is 11.6. The second kappa shape index (κ2) is 5.22. The van der Waals surface area contributed by atoms with Crippen molar-refractivity contribution in [3.63, 3.8) is 0 Å². The van der Waals surface area contributed by atoms with Crippen LogP contribution in [0.15, 0.2) is 22.7 Å². The fraction of sp³-hybridized carbons (Fsp3) is 0.357. The van der Waals surface area contributed by atoms with Crippen molar-refractivity contribution in [3.05, 3.63) is 23.8 Å². The van der Waals surface area contributed by atoms with Crippen molar-refractivity contribution >= 4 is 5.82 Å². The largest absolute Gasteiger partial charge is 0.496 e. The smallest absolute Gasteiger partial charge is 0.172 e. The molecule has 0 amide bonds. The van der Waals surface area contributed by atoms with Gasteiger partial charge in [0.2, 0.25) is 0 Å². The van der Waals surface area contributed by atoms with Crippen molar-refractivity contribution in [2.24, 2.45) is 0 Å². The first-order valence-electron chi connectivity index (χ1n) is 6.05. The molecule has 1 heterocycles. The number of anilines is 1. The maximum absolute atomic E-state index is 5.59. The highest BCUT2D eigenvalue weighted by Crippen LogP contribution is 2.39. The van der Waals surface area contributed by atoms with Crippen LogP contribution in [0.2, 0.25) is 0 Å². The summed E-state index contributed by atoms with van der Waals surface area (Å²) in [7, 11) is 3.25. The van der Waals surface area contributed by atoms with Crippen LogP contribution in [0, 0.1) is 0 Å². The topological polar surface area (TPSA) is 70.5 Å². The minimum absolute atomic E-state index is 0.319. The van der Waals surface area contributed by atoms with Gasteiger partial charge in [-0.05, 0) is 17.5 Å². The van der Waals surface area contributed by atoms with Gasteiger partial charge in [-0.3, -0.25) is 0 Å². The third kappa shape index (κ3) is 2.50. The molecule has 2 rings (SSSR count). The molecule has 0 saturated heterocycles. The molecule has 19 heavy (non-hydrogen) atoms. The maximum atomic E-state index is 5.59. The molecule has 2 aromatic rings. The Hall–Kier alpha value is -2.17. The maximum Gasteiger partial charge on any atom is 0.172 e. The van der Waals surface area contributed by atoms with Gasteiger partial charge in [-0.25, -0.2) is 0 Å². The average molecular weight is 262 g/mol. The van der Waals surface area contributed by atoms with Crippen LogP contribution in [0.1, 0.15) is 25.3 Å². The summed E-state index contributed by atoms with van der Waals surface area (Å²) in [4.78, 5) is 0. The molecule has 0 aliphatic heterocycles. The fourth-order valence-electron chi connectivity index (χ4n) is 1.98. The monoisotopic (exact) mass is 262 g/mol. The van der Waals surface area contributed by atoms with Gasteiger partial charge in [0.1, 0.15) is 11.5 Å². The number of methoxy groups -OCH3 is 2. The van der Waals surface area contributed by atoms with E-state index >= 15 is 0 Å². The molecule has 1 aromatic carbocycles. The van der Waals surface area contributed by atoms with E-state index in [1.807, 2.05) is 12.1 Å². The van der Waals surface area contributed by atoms with Crippen LogP contribution < -0.4 is 15.2 Å². The summed E-state index contributed by atoms with van der Waals surface area (Å²) in [6, 6.07) is 5.51. The third-order valence-corrected chi connectivity index (χ3v) is 2.97. The Bertz CT molecular complexity index is 576. The predicted molar refractivity (Wildman–Crippen MR) is 73.5 cm³/mol. The van der Waals surface area contributed by atoms with E-state index in [0.717, 1.165) is 16.9 Å². The first kappa shape index (κ1) is 13.3. The van der Waals surface area contributed by atoms with Crippen molar-refractivity contribution in [2.45, 2.75) is 19.8 Å². The van der Waals surface area contributed by atoms with Crippen molar-refractivity contribution in [1.29, 1.82) is 0 Å². The summed E-state index contributed by atoms with van der Waals surface area (Å²) in [5.41, 5.74) is 7.48. The number of ether oxygens (including phenoxy) is 2. The SMILES string of the molecule is COc1cc(OC)c(C(C)C)cc1-c1cc(N)no1. The number of nitrogens with zero attached hydrogens (tertiary/aromatic N) is 1. The van der Waals surface area contributed by atoms with Crippen LogP contribution in [0.25, 0.3) is 11.3 Å². The summed E-state index contributed by atoms with van der Waals surface area (Å²) in [5, 5.41) is 3.70. The fourth-order valence-corrected chi connectivity index (χ4v) is 1.98. The zero-order valence-electron chi connectivity index (χ0n) is 11.6. The number of nitrogens with two attached hydrogens (primary N) is 1. The Morgan fingerprint density at radius 2 is 1.79 bits per heavy atom. The summed E-state index contributed by atoms with van der Waals surface area (Å²) >= 11 is 0. The standard InChI is InChI=1S/C14H18N2O3/c1-8(2)9-5-10(13-7-14(15)16-19-13)12(18-4)6-11(9)17-3/h5-8H,1-4H3,(H2,15,16). The van der Waals surface area contributed by atoms with Crippen LogP contribution in [0.4, 0.5) is 5.82 Å². The minimum atomic E-state index is 0.319. The summed E-state index contributed by atoms with van der Waals surface area (Å²) in [6.07, 6.45) is 0. The van der Waals surface area contributed by atoms with E-state index < -0.39 is 0 Å². The number of aromatic nitrogens is 1. The first-order chi connectivity index (χ1) is 9.06. The molecular weight excluding hydrogens is 244 g/mol. The zero-order chi connectivity index (χ0) is 14.0. The molecule has 102 valence electrons. The van der Waals surface area contributed by atoms with Crippen LogP contribution in [0.5, 0.6) is 11.5 Å². The Balaban J connectivity index is 2.62. The lowest BCUT2D eigenvalue weighted by atomic mass is 9.98. The van der Waals surface area contributed by atoms with Crippen LogP contribution in [-0.4, -0.2) is 19.4 Å². The van der Waals surface area contributed by atoms with Gasteiger partial charge in [-0.2, -0.15) is 0 Å². The van der Waals surface area contributed by atoms with Gasteiger partial charge in [-0.1, -0.05) is 19.0 Å². The molecule has 5 heteroatoms. The van der Waals surface area contributed by atoms with Gasteiger partial charge in [0, 0.05) is 12.1 Å².